The monoisotopic (exact) mass is 445 g/mol. The normalized spacial score (nSPS) is 14.8. The van der Waals surface area contributed by atoms with Crippen molar-refractivity contribution in [3.05, 3.63) is 88.7 Å². The van der Waals surface area contributed by atoms with Gasteiger partial charge in [0.1, 0.15) is 5.56 Å². The Bertz CT molecular complexity index is 1260. The summed E-state index contributed by atoms with van der Waals surface area (Å²) >= 11 is 6.10. The smallest absolute Gasteiger partial charge is 0.259 e. The summed E-state index contributed by atoms with van der Waals surface area (Å²) in [5, 5.41) is 5.25. The van der Waals surface area contributed by atoms with Crippen LogP contribution in [-0.2, 0) is 6.54 Å². The van der Waals surface area contributed by atoms with Crippen LogP contribution in [0.1, 0.15) is 21.5 Å². The molecule has 0 unspecified atom stereocenters. The Kier molecular flexibility index (Phi) is 5.64. The first-order chi connectivity index (χ1) is 15.6. The number of carbonyl (C=O) groups excluding carboxylic acids is 1. The van der Waals surface area contributed by atoms with E-state index in [9.17, 15) is 4.79 Å². The highest BCUT2D eigenvalue weighted by atomic mass is 35.5. The fourth-order valence-corrected chi connectivity index (χ4v) is 4.37. The summed E-state index contributed by atoms with van der Waals surface area (Å²) < 4.78 is 1.76. The number of amides is 1. The Morgan fingerprint density at radius 3 is 2.56 bits per heavy atom. The Labute approximate surface area is 192 Å². The first kappa shape index (κ1) is 20.7. The van der Waals surface area contributed by atoms with Gasteiger partial charge in [0.2, 0.25) is 0 Å². The van der Waals surface area contributed by atoms with Gasteiger partial charge in [0, 0.05) is 49.5 Å². The number of hydrogen-bond acceptors (Lipinski definition) is 4. The molecule has 32 heavy (non-hydrogen) atoms. The van der Waals surface area contributed by atoms with Gasteiger partial charge in [-0.15, -0.1) is 0 Å². The van der Waals surface area contributed by atoms with Crippen LogP contribution in [0.15, 0.2) is 67.0 Å². The molecular weight excluding hydrogens is 422 g/mol. The molecule has 2 aromatic heterocycles. The maximum absolute atomic E-state index is 13.3. The van der Waals surface area contributed by atoms with Crippen LogP contribution in [0, 0.1) is 6.92 Å². The van der Waals surface area contributed by atoms with Crippen LogP contribution in [0.5, 0.6) is 0 Å². The summed E-state index contributed by atoms with van der Waals surface area (Å²) in [6.45, 7) is 5.88. The van der Waals surface area contributed by atoms with E-state index in [0.29, 0.717) is 24.3 Å². The lowest BCUT2D eigenvalue weighted by molar-refractivity contribution is 0.0630. The second-order valence-electron chi connectivity index (χ2n) is 8.19. The molecule has 6 nitrogen and oxygen atoms in total. The van der Waals surface area contributed by atoms with Crippen molar-refractivity contribution < 1.29 is 4.79 Å². The van der Waals surface area contributed by atoms with Crippen LogP contribution in [0.25, 0.3) is 16.9 Å². The molecule has 1 amide bonds. The molecular formula is C25H24ClN5O. The standard InChI is InChI=1S/C25H24ClN5O/c1-18-5-7-20(8-6-18)23-9-10-27-24-22(16-28-31(23)24)25(32)30-13-11-29(12-14-30)17-19-3-2-4-21(26)15-19/h2-10,15-16H,11-14,17H2,1H3. The van der Waals surface area contributed by atoms with Crippen LogP contribution in [0.2, 0.25) is 5.02 Å². The fourth-order valence-electron chi connectivity index (χ4n) is 4.16. The number of nitrogens with zero attached hydrogens (tertiary/aromatic N) is 5. The van der Waals surface area contributed by atoms with Crippen molar-refractivity contribution in [1.82, 2.24) is 24.4 Å². The second-order valence-corrected chi connectivity index (χ2v) is 8.62. The van der Waals surface area contributed by atoms with Gasteiger partial charge in [0.05, 0.1) is 11.9 Å². The fraction of sp³-hybridized carbons (Fsp3) is 0.240. The predicted molar refractivity (Wildman–Crippen MR) is 126 cm³/mol. The van der Waals surface area contributed by atoms with Crippen molar-refractivity contribution in [3.63, 3.8) is 0 Å². The molecule has 4 aromatic rings. The predicted octanol–water partition coefficient (Wildman–Crippen LogP) is 4.32. The number of benzene rings is 2. The molecule has 5 rings (SSSR count). The Morgan fingerprint density at radius 2 is 1.81 bits per heavy atom. The van der Waals surface area contributed by atoms with Crippen LogP contribution < -0.4 is 0 Å². The maximum atomic E-state index is 13.3. The van der Waals surface area contributed by atoms with Gasteiger partial charge in [-0.1, -0.05) is 53.6 Å². The zero-order chi connectivity index (χ0) is 22.1. The van der Waals surface area contributed by atoms with Gasteiger partial charge in [-0.05, 0) is 30.7 Å². The van der Waals surface area contributed by atoms with E-state index in [0.717, 1.165) is 35.9 Å². The third-order valence-corrected chi connectivity index (χ3v) is 6.17. The van der Waals surface area contributed by atoms with Gasteiger partial charge in [-0.3, -0.25) is 9.69 Å². The minimum atomic E-state index is -0.0176. The molecule has 1 aliphatic heterocycles. The number of hydrogen-bond donors (Lipinski definition) is 0. The number of halogens is 1. The van der Waals surface area contributed by atoms with Crippen LogP contribution in [-0.4, -0.2) is 56.5 Å². The van der Waals surface area contributed by atoms with E-state index < -0.39 is 0 Å². The van der Waals surface area contributed by atoms with Gasteiger partial charge in [0.25, 0.3) is 5.91 Å². The lowest BCUT2D eigenvalue weighted by atomic mass is 10.1. The molecule has 1 aliphatic rings. The van der Waals surface area contributed by atoms with Crippen LogP contribution in [0.3, 0.4) is 0 Å². The first-order valence-corrected chi connectivity index (χ1v) is 11.1. The summed E-state index contributed by atoms with van der Waals surface area (Å²) in [6, 6.07) is 18.1. The summed E-state index contributed by atoms with van der Waals surface area (Å²) in [7, 11) is 0. The molecule has 162 valence electrons. The summed E-state index contributed by atoms with van der Waals surface area (Å²) in [5.74, 6) is -0.0176. The molecule has 0 radical (unpaired) electrons. The topological polar surface area (TPSA) is 53.7 Å². The van der Waals surface area contributed by atoms with Crippen LogP contribution >= 0.6 is 11.6 Å². The molecule has 2 aromatic carbocycles. The summed E-state index contributed by atoms with van der Waals surface area (Å²) in [5.41, 5.74) is 5.48. The van der Waals surface area contributed by atoms with Crippen molar-refractivity contribution >= 4 is 23.2 Å². The third-order valence-electron chi connectivity index (χ3n) is 5.93. The van der Waals surface area contributed by atoms with Crippen molar-refractivity contribution in [2.45, 2.75) is 13.5 Å². The van der Waals surface area contributed by atoms with E-state index in [1.54, 1.807) is 16.9 Å². The van der Waals surface area contributed by atoms with E-state index in [-0.39, 0.29) is 5.91 Å². The molecule has 0 bridgehead atoms. The Hall–Kier alpha value is -3.22. The largest absolute Gasteiger partial charge is 0.336 e. The number of piperazine rings is 1. The van der Waals surface area contributed by atoms with Crippen LogP contribution in [0.4, 0.5) is 0 Å². The summed E-state index contributed by atoms with van der Waals surface area (Å²) in [6.07, 6.45) is 3.38. The number of fused-ring (bicyclic) bond motifs is 1. The number of rotatable bonds is 4. The number of aromatic nitrogens is 3. The first-order valence-electron chi connectivity index (χ1n) is 10.7. The highest BCUT2D eigenvalue weighted by Crippen LogP contribution is 2.22. The Morgan fingerprint density at radius 1 is 1.03 bits per heavy atom. The van der Waals surface area contributed by atoms with Crippen molar-refractivity contribution in [3.8, 4) is 11.3 Å². The molecule has 1 fully saturated rings. The second kappa shape index (κ2) is 8.73. The van der Waals surface area contributed by atoms with Gasteiger partial charge in [-0.2, -0.15) is 5.10 Å². The third kappa shape index (κ3) is 4.11. The van der Waals surface area contributed by atoms with Gasteiger partial charge in [-0.25, -0.2) is 9.50 Å². The number of aryl methyl sites for hydroxylation is 1. The lowest BCUT2D eigenvalue weighted by Crippen LogP contribution is -2.48. The average molecular weight is 446 g/mol. The zero-order valence-corrected chi connectivity index (χ0v) is 18.7. The van der Waals surface area contributed by atoms with E-state index >= 15 is 0 Å². The average Bonchev–Trinajstić information content (AvgIpc) is 3.24. The van der Waals surface area contributed by atoms with E-state index in [2.05, 4.69) is 52.2 Å². The molecule has 3 heterocycles. The van der Waals surface area contributed by atoms with Crippen molar-refractivity contribution in [2.75, 3.05) is 26.2 Å². The van der Waals surface area contributed by atoms with Gasteiger partial charge < -0.3 is 4.90 Å². The maximum Gasteiger partial charge on any atom is 0.259 e. The molecule has 0 N–H and O–H groups in total. The van der Waals surface area contributed by atoms with Crippen molar-refractivity contribution in [1.29, 1.82) is 0 Å². The Balaban J connectivity index is 1.31. The minimum Gasteiger partial charge on any atom is -0.336 e. The summed E-state index contributed by atoms with van der Waals surface area (Å²) in [4.78, 5) is 22.0. The lowest BCUT2D eigenvalue weighted by Gasteiger charge is -2.34. The molecule has 0 spiro atoms. The van der Waals surface area contributed by atoms with Gasteiger partial charge >= 0.3 is 0 Å². The molecule has 0 atom stereocenters. The minimum absolute atomic E-state index is 0.0176. The highest BCUT2D eigenvalue weighted by molar-refractivity contribution is 6.30. The highest BCUT2D eigenvalue weighted by Gasteiger charge is 2.25. The molecule has 1 saturated heterocycles. The van der Waals surface area contributed by atoms with E-state index in [1.165, 1.54) is 11.1 Å². The molecule has 0 saturated carbocycles. The van der Waals surface area contributed by atoms with Gasteiger partial charge in [0.15, 0.2) is 5.65 Å². The van der Waals surface area contributed by atoms with E-state index in [4.69, 9.17) is 11.6 Å². The SMILES string of the molecule is Cc1ccc(-c2ccnc3c(C(=O)N4CCN(Cc5cccc(Cl)c5)CC4)cnn23)cc1. The quantitative estimate of drug-likeness (QED) is 0.469. The zero-order valence-electron chi connectivity index (χ0n) is 17.9. The molecule has 0 aliphatic carbocycles. The van der Waals surface area contributed by atoms with Crippen molar-refractivity contribution in [2.24, 2.45) is 0 Å². The molecule has 7 heteroatoms. The number of carbonyl (C=O) groups is 1. The van der Waals surface area contributed by atoms with E-state index in [1.807, 2.05) is 29.2 Å².